The first kappa shape index (κ1) is 12.4. The molecule has 2 rings (SSSR count). The van der Waals surface area contributed by atoms with E-state index in [1.54, 1.807) is 29.4 Å². The maximum Gasteiger partial charge on any atom is 0.258 e. The number of hydrogen-bond acceptors (Lipinski definition) is 3. The van der Waals surface area contributed by atoms with Crippen LogP contribution >= 0.6 is 11.6 Å². The van der Waals surface area contributed by atoms with Gasteiger partial charge in [-0.05, 0) is 25.1 Å². The molecule has 2 unspecified atom stereocenters. The molecule has 0 bridgehead atoms. The van der Waals surface area contributed by atoms with Crippen molar-refractivity contribution in [3.63, 3.8) is 0 Å². The maximum absolute atomic E-state index is 12.2. The normalized spacial score (nSPS) is 20.8. The van der Waals surface area contributed by atoms with Crippen molar-refractivity contribution in [2.75, 3.05) is 18.1 Å². The first-order valence-corrected chi connectivity index (χ1v) is 7.23. The van der Waals surface area contributed by atoms with Gasteiger partial charge in [0.25, 0.3) is 5.91 Å². The molecule has 1 aliphatic rings. The van der Waals surface area contributed by atoms with Crippen LogP contribution < -0.4 is 5.32 Å². The minimum atomic E-state index is -1.15. The number of anilines is 1. The van der Waals surface area contributed by atoms with Crippen LogP contribution in [0.2, 0.25) is 5.02 Å². The van der Waals surface area contributed by atoms with E-state index in [1.807, 2.05) is 6.92 Å². The number of fused-ring (bicyclic) bond motifs is 1. The van der Waals surface area contributed by atoms with Gasteiger partial charge < -0.3 is 10.2 Å². The highest BCUT2D eigenvalue weighted by Crippen LogP contribution is 2.28. The monoisotopic (exact) mass is 272 g/mol. The summed E-state index contributed by atoms with van der Waals surface area (Å²) >= 11 is 5.87. The van der Waals surface area contributed by atoms with Crippen LogP contribution in [0.5, 0.6) is 0 Å². The van der Waals surface area contributed by atoms with Gasteiger partial charge in [-0.3, -0.25) is 9.00 Å². The lowest BCUT2D eigenvalue weighted by molar-refractivity contribution is 0.0747. The summed E-state index contributed by atoms with van der Waals surface area (Å²) in [5.74, 6) is -0.135. The molecule has 0 spiro atoms. The van der Waals surface area contributed by atoms with Crippen molar-refractivity contribution in [3.05, 3.63) is 28.8 Å². The van der Waals surface area contributed by atoms with E-state index < -0.39 is 16.3 Å². The zero-order chi connectivity index (χ0) is 12.6. The highest BCUT2D eigenvalue weighted by atomic mass is 35.5. The number of rotatable bonds is 2. The van der Waals surface area contributed by atoms with E-state index in [9.17, 15) is 9.00 Å². The van der Waals surface area contributed by atoms with Crippen molar-refractivity contribution in [1.29, 1.82) is 0 Å². The average Bonchev–Trinajstić information content (AvgIpc) is 2.29. The van der Waals surface area contributed by atoms with Gasteiger partial charge in [0.1, 0.15) is 0 Å². The fraction of sp³-hybridized carbons (Fsp3) is 0.364. The van der Waals surface area contributed by atoms with Gasteiger partial charge in [-0.25, -0.2) is 0 Å². The molecule has 0 fully saturated rings. The Labute approximate surface area is 107 Å². The Balaban J connectivity index is 2.48. The van der Waals surface area contributed by atoms with E-state index in [1.165, 1.54) is 0 Å². The standard InChI is InChI=1S/C11H13ClN2O2S/c1-3-14-10(15)8-6-7(12)4-5-9(8)13-11(14)17(2)16/h4-6,11,13H,3H2,1-2H3. The topological polar surface area (TPSA) is 49.4 Å². The zero-order valence-corrected chi connectivity index (χ0v) is 11.1. The number of benzene rings is 1. The summed E-state index contributed by atoms with van der Waals surface area (Å²) in [6, 6.07) is 5.07. The molecule has 2 atom stereocenters. The summed E-state index contributed by atoms with van der Waals surface area (Å²) in [7, 11) is -1.15. The average molecular weight is 273 g/mol. The van der Waals surface area contributed by atoms with Crippen molar-refractivity contribution in [2.24, 2.45) is 0 Å². The maximum atomic E-state index is 12.2. The van der Waals surface area contributed by atoms with Gasteiger partial charge >= 0.3 is 0 Å². The third-order valence-electron chi connectivity index (χ3n) is 2.69. The molecule has 92 valence electrons. The minimum Gasteiger partial charge on any atom is -0.354 e. The Morgan fingerprint density at radius 3 is 2.82 bits per heavy atom. The Morgan fingerprint density at radius 1 is 1.53 bits per heavy atom. The molecule has 1 N–H and O–H groups in total. The predicted molar refractivity (Wildman–Crippen MR) is 69.6 cm³/mol. The fourth-order valence-corrected chi connectivity index (χ4v) is 2.93. The quantitative estimate of drug-likeness (QED) is 0.894. The highest BCUT2D eigenvalue weighted by molar-refractivity contribution is 7.85. The van der Waals surface area contributed by atoms with Gasteiger partial charge in [-0.15, -0.1) is 0 Å². The molecule has 1 aromatic carbocycles. The van der Waals surface area contributed by atoms with Gasteiger partial charge in [-0.1, -0.05) is 11.6 Å². The van der Waals surface area contributed by atoms with Crippen molar-refractivity contribution < 1.29 is 9.00 Å². The van der Waals surface area contributed by atoms with Crippen molar-refractivity contribution in [3.8, 4) is 0 Å². The molecule has 4 nitrogen and oxygen atoms in total. The lowest BCUT2D eigenvalue weighted by atomic mass is 10.1. The summed E-state index contributed by atoms with van der Waals surface area (Å²) in [6.07, 6.45) is 1.58. The third-order valence-corrected chi connectivity index (χ3v) is 3.93. The van der Waals surface area contributed by atoms with Crippen LogP contribution in [0.4, 0.5) is 5.69 Å². The minimum absolute atomic E-state index is 0.135. The van der Waals surface area contributed by atoms with Crippen molar-refractivity contribution in [2.45, 2.75) is 12.4 Å². The molecular formula is C11H13ClN2O2S. The Hall–Kier alpha value is -1.07. The number of halogens is 1. The largest absolute Gasteiger partial charge is 0.354 e. The molecule has 0 aliphatic carbocycles. The smallest absolute Gasteiger partial charge is 0.258 e. The van der Waals surface area contributed by atoms with Crippen LogP contribution in [0, 0.1) is 0 Å². The van der Waals surface area contributed by atoms with Crippen LogP contribution in [0.1, 0.15) is 17.3 Å². The van der Waals surface area contributed by atoms with Crippen LogP contribution in [0.25, 0.3) is 0 Å². The van der Waals surface area contributed by atoms with Crippen LogP contribution in [0.3, 0.4) is 0 Å². The second-order valence-corrected chi connectivity index (χ2v) is 5.66. The van der Waals surface area contributed by atoms with Crippen LogP contribution in [-0.2, 0) is 10.8 Å². The van der Waals surface area contributed by atoms with E-state index in [0.29, 0.717) is 22.8 Å². The van der Waals surface area contributed by atoms with Crippen molar-refractivity contribution in [1.82, 2.24) is 4.90 Å². The number of nitrogens with one attached hydrogen (secondary N) is 1. The summed E-state index contributed by atoms with van der Waals surface area (Å²) in [5, 5.41) is 3.62. The molecule has 1 aliphatic heterocycles. The number of nitrogens with zero attached hydrogens (tertiary/aromatic N) is 1. The van der Waals surface area contributed by atoms with Crippen molar-refractivity contribution >= 4 is 34.0 Å². The number of carbonyl (C=O) groups is 1. The second-order valence-electron chi connectivity index (χ2n) is 3.78. The van der Waals surface area contributed by atoms with Gasteiger partial charge in [0.2, 0.25) is 0 Å². The molecule has 0 saturated heterocycles. The molecule has 1 aromatic rings. The summed E-state index contributed by atoms with van der Waals surface area (Å²) in [5.41, 5.74) is 0.742. The van der Waals surface area contributed by atoms with E-state index in [2.05, 4.69) is 5.32 Å². The SMILES string of the molecule is CCN1C(=O)c2cc(Cl)ccc2NC1S(C)=O. The summed E-state index contributed by atoms with van der Waals surface area (Å²) in [6.45, 7) is 2.36. The lowest BCUT2D eigenvalue weighted by Gasteiger charge is -2.35. The highest BCUT2D eigenvalue weighted by Gasteiger charge is 2.32. The molecular weight excluding hydrogens is 260 g/mol. The summed E-state index contributed by atoms with van der Waals surface area (Å²) < 4.78 is 11.6. The molecule has 17 heavy (non-hydrogen) atoms. The van der Waals surface area contributed by atoms with Crippen LogP contribution in [-0.4, -0.2) is 33.3 Å². The molecule has 0 aromatic heterocycles. The molecule has 1 amide bonds. The molecule has 6 heteroatoms. The summed E-state index contributed by atoms with van der Waals surface area (Å²) in [4.78, 5) is 13.8. The van der Waals surface area contributed by atoms with Gasteiger partial charge in [-0.2, -0.15) is 0 Å². The second kappa shape index (κ2) is 4.66. The number of hydrogen-bond donors (Lipinski definition) is 1. The Kier molecular flexibility index (Phi) is 3.40. The van der Waals surface area contributed by atoms with Gasteiger partial charge in [0, 0.05) is 23.5 Å². The first-order chi connectivity index (χ1) is 8.04. The third kappa shape index (κ3) is 2.17. The van der Waals surface area contributed by atoms with E-state index in [-0.39, 0.29) is 5.91 Å². The predicted octanol–water partition coefficient (Wildman–Crippen LogP) is 1.89. The van der Waals surface area contributed by atoms with E-state index in [0.717, 1.165) is 0 Å². The zero-order valence-electron chi connectivity index (χ0n) is 9.57. The van der Waals surface area contributed by atoms with E-state index in [4.69, 9.17) is 11.6 Å². The number of amides is 1. The first-order valence-electron chi connectivity index (χ1n) is 5.24. The van der Waals surface area contributed by atoms with Gasteiger partial charge in [0.15, 0.2) is 5.50 Å². The lowest BCUT2D eigenvalue weighted by Crippen LogP contribution is -2.50. The molecule has 0 saturated carbocycles. The van der Waals surface area contributed by atoms with Gasteiger partial charge in [0.05, 0.1) is 16.4 Å². The Bertz CT molecular complexity index is 492. The number of carbonyl (C=O) groups excluding carboxylic acids is 1. The Morgan fingerprint density at radius 2 is 2.24 bits per heavy atom. The molecule has 0 radical (unpaired) electrons. The van der Waals surface area contributed by atoms with Crippen LogP contribution in [0.15, 0.2) is 18.2 Å². The fourth-order valence-electron chi connectivity index (χ4n) is 1.86. The van der Waals surface area contributed by atoms with E-state index >= 15 is 0 Å². The molecule has 1 heterocycles.